The Morgan fingerprint density at radius 3 is 2.64 bits per heavy atom. The highest BCUT2D eigenvalue weighted by molar-refractivity contribution is 7.90. The highest BCUT2D eigenvalue weighted by Crippen LogP contribution is 2.62. The molecule has 39 heavy (non-hydrogen) atoms. The van der Waals surface area contributed by atoms with Gasteiger partial charge in [0.15, 0.2) is 0 Å². The normalized spacial score (nSPS) is 19.2. The maximum atomic E-state index is 12.2. The van der Waals surface area contributed by atoms with Crippen LogP contribution in [0.3, 0.4) is 0 Å². The van der Waals surface area contributed by atoms with Gasteiger partial charge in [-0.1, -0.05) is 24.3 Å². The van der Waals surface area contributed by atoms with Gasteiger partial charge < -0.3 is 14.2 Å². The lowest BCUT2D eigenvalue weighted by molar-refractivity contribution is -0.145. The molecule has 1 fully saturated rings. The van der Waals surface area contributed by atoms with E-state index >= 15 is 0 Å². The van der Waals surface area contributed by atoms with Crippen molar-refractivity contribution < 1.29 is 27.4 Å². The minimum Gasteiger partial charge on any atom is -0.489 e. The Labute approximate surface area is 230 Å². The van der Waals surface area contributed by atoms with Crippen LogP contribution in [-0.2, 0) is 32.4 Å². The van der Waals surface area contributed by atoms with Gasteiger partial charge in [0.05, 0.1) is 24.9 Å². The monoisotopic (exact) mass is 549 g/mol. The van der Waals surface area contributed by atoms with Crippen LogP contribution in [0.5, 0.6) is 11.6 Å². The lowest BCUT2D eigenvalue weighted by Gasteiger charge is -2.14. The molecule has 2 aromatic carbocycles. The van der Waals surface area contributed by atoms with Crippen molar-refractivity contribution in [1.82, 2.24) is 4.98 Å². The van der Waals surface area contributed by atoms with Gasteiger partial charge in [0, 0.05) is 29.5 Å². The number of hydrogen-bond donors (Lipinski definition) is 0. The molecule has 3 atom stereocenters. The molecule has 8 heteroatoms. The molecule has 7 nitrogen and oxygen atoms in total. The smallest absolute Gasteiger partial charge is 0.309 e. The van der Waals surface area contributed by atoms with Crippen LogP contribution in [0.2, 0.25) is 0 Å². The van der Waals surface area contributed by atoms with E-state index in [1.807, 2.05) is 45.0 Å². The summed E-state index contributed by atoms with van der Waals surface area (Å²) in [6.45, 7) is 7.01. The SMILES string of the molecule is CCOC(=O)C1C2Cc3cc(OCc4cccc(-c5c(C)cc(OCCCS(C)(=O)=O)nc5C)c4)ccc3C21. The summed E-state index contributed by atoms with van der Waals surface area (Å²) in [6.07, 6.45) is 2.56. The molecule has 0 N–H and O–H groups in total. The Bertz CT molecular complexity index is 1480. The van der Waals surface area contributed by atoms with E-state index < -0.39 is 9.84 Å². The summed E-state index contributed by atoms with van der Waals surface area (Å²) < 4.78 is 39.7. The molecule has 2 aliphatic carbocycles. The number of ether oxygens (including phenoxy) is 3. The minimum absolute atomic E-state index is 0.0221. The highest BCUT2D eigenvalue weighted by atomic mass is 32.2. The largest absolute Gasteiger partial charge is 0.489 e. The van der Waals surface area contributed by atoms with Gasteiger partial charge in [0.1, 0.15) is 22.2 Å². The average molecular weight is 550 g/mol. The molecule has 1 aromatic heterocycles. The second-order valence-electron chi connectivity index (χ2n) is 10.6. The summed E-state index contributed by atoms with van der Waals surface area (Å²) in [6, 6.07) is 16.4. The van der Waals surface area contributed by atoms with Crippen LogP contribution < -0.4 is 9.47 Å². The molecular formula is C31H35NO6S. The van der Waals surface area contributed by atoms with Crippen molar-refractivity contribution in [2.75, 3.05) is 25.2 Å². The number of esters is 1. The standard InChI is InChI=1S/C31H35NO6S/c1-5-36-31(33)30-26-17-23-16-24(10-11-25(23)29(26)30)38-18-21-8-6-9-22(15-21)28-19(2)14-27(32-20(28)3)37-12-7-13-39(4,34)35/h6,8-11,14-16,26,29-30H,5,7,12-13,17-18H2,1-4H3. The number of sulfone groups is 1. The first-order chi connectivity index (χ1) is 18.6. The molecule has 206 valence electrons. The van der Waals surface area contributed by atoms with Gasteiger partial charge >= 0.3 is 5.97 Å². The zero-order chi connectivity index (χ0) is 27.7. The van der Waals surface area contributed by atoms with Crippen molar-refractivity contribution in [2.45, 2.75) is 46.1 Å². The molecule has 3 aromatic rings. The minimum atomic E-state index is -3.00. The molecular weight excluding hydrogens is 514 g/mol. The molecule has 2 aliphatic rings. The van der Waals surface area contributed by atoms with Crippen LogP contribution >= 0.6 is 0 Å². The summed E-state index contributed by atoms with van der Waals surface area (Å²) in [5, 5.41) is 0. The molecule has 0 aliphatic heterocycles. The lowest BCUT2D eigenvalue weighted by atomic mass is 9.98. The lowest BCUT2D eigenvalue weighted by Crippen LogP contribution is -2.11. The Hall–Kier alpha value is -3.39. The number of pyridine rings is 1. The second-order valence-corrected chi connectivity index (χ2v) is 12.9. The van der Waals surface area contributed by atoms with Crippen molar-refractivity contribution in [2.24, 2.45) is 11.8 Å². The predicted octanol–water partition coefficient (Wildman–Crippen LogP) is 5.21. The van der Waals surface area contributed by atoms with Gasteiger partial charge in [-0.05, 0) is 85.5 Å². The van der Waals surface area contributed by atoms with Crippen LogP contribution in [0.25, 0.3) is 11.1 Å². The van der Waals surface area contributed by atoms with Crippen molar-refractivity contribution in [3.05, 3.63) is 76.5 Å². The van der Waals surface area contributed by atoms with E-state index in [-0.39, 0.29) is 17.6 Å². The van der Waals surface area contributed by atoms with Crippen LogP contribution in [0.1, 0.15) is 47.2 Å². The number of nitrogens with zero attached hydrogens (tertiary/aromatic N) is 1. The topological polar surface area (TPSA) is 91.8 Å². The number of carbonyl (C=O) groups excluding carboxylic acids is 1. The average Bonchev–Trinajstić information content (AvgIpc) is 3.46. The summed E-state index contributed by atoms with van der Waals surface area (Å²) in [4.78, 5) is 16.8. The Balaban J connectivity index is 1.22. The number of carbonyl (C=O) groups is 1. The van der Waals surface area contributed by atoms with Gasteiger partial charge in [0.2, 0.25) is 5.88 Å². The Morgan fingerprint density at radius 1 is 1.08 bits per heavy atom. The summed E-state index contributed by atoms with van der Waals surface area (Å²) in [7, 11) is -3.00. The molecule has 0 bridgehead atoms. The number of benzene rings is 2. The number of rotatable bonds is 11. The Morgan fingerprint density at radius 2 is 1.90 bits per heavy atom. The van der Waals surface area contributed by atoms with E-state index in [1.165, 1.54) is 17.4 Å². The van der Waals surface area contributed by atoms with Crippen molar-refractivity contribution in [3.8, 4) is 22.8 Å². The molecule has 0 spiro atoms. The van der Waals surface area contributed by atoms with Crippen molar-refractivity contribution in [3.63, 3.8) is 0 Å². The molecule has 3 unspecified atom stereocenters. The van der Waals surface area contributed by atoms with Crippen LogP contribution in [0.4, 0.5) is 0 Å². The maximum Gasteiger partial charge on any atom is 0.309 e. The van der Waals surface area contributed by atoms with Crippen molar-refractivity contribution >= 4 is 15.8 Å². The van der Waals surface area contributed by atoms with Crippen LogP contribution in [0.15, 0.2) is 48.5 Å². The zero-order valence-electron chi connectivity index (χ0n) is 22.9. The third-order valence-electron chi connectivity index (χ3n) is 7.56. The third-order valence-corrected chi connectivity index (χ3v) is 8.59. The van der Waals surface area contributed by atoms with Gasteiger partial charge in [-0.2, -0.15) is 0 Å². The highest BCUT2D eigenvalue weighted by Gasteiger charge is 2.60. The van der Waals surface area contributed by atoms with E-state index in [0.29, 0.717) is 44.0 Å². The molecule has 0 radical (unpaired) electrons. The first-order valence-corrected chi connectivity index (χ1v) is 15.5. The number of aromatic nitrogens is 1. The maximum absolute atomic E-state index is 12.2. The fourth-order valence-electron chi connectivity index (χ4n) is 5.83. The zero-order valence-corrected chi connectivity index (χ0v) is 23.7. The fraction of sp³-hybridized carbons (Fsp3) is 0.419. The number of hydrogen-bond acceptors (Lipinski definition) is 7. The molecule has 0 amide bonds. The second kappa shape index (κ2) is 11.0. The predicted molar refractivity (Wildman–Crippen MR) is 150 cm³/mol. The summed E-state index contributed by atoms with van der Waals surface area (Å²) >= 11 is 0. The van der Waals surface area contributed by atoms with Crippen molar-refractivity contribution in [1.29, 1.82) is 0 Å². The van der Waals surface area contributed by atoms with Gasteiger partial charge in [0.25, 0.3) is 0 Å². The van der Waals surface area contributed by atoms with Gasteiger partial charge in [-0.25, -0.2) is 13.4 Å². The molecule has 0 saturated heterocycles. The van der Waals surface area contributed by atoms with E-state index in [2.05, 4.69) is 29.2 Å². The van der Waals surface area contributed by atoms with Crippen LogP contribution in [-0.4, -0.2) is 44.6 Å². The van der Waals surface area contributed by atoms with E-state index in [0.717, 1.165) is 40.1 Å². The van der Waals surface area contributed by atoms with E-state index in [9.17, 15) is 13.2 Å². The van der Waals surface area contributed by atoms with Crippen LogP contribution in [0, 0.1) is 25.7 Å². The van der Waals surface area contributed by atoms with Gasteiger partial charge in [-0.3, -0.25) is 4.79 Å². The number of fused-ring (bicyclic) bond motifs is 3. The first-order valence-electron chi connectivity index (χ1n) is 13.4. The first kappa shape index (κ1) is 27.2. The van der Waals surface area contributed by atoms with E-state index in [4.69, 9.17) is 14.2 Å². The fourth-order valence-corrected chi connectivity index (χ4v) is 6.47. The third kappa shape index (κ3) is 6.11. The number of aryl methyl sites for hydroxylation is 2. The molecule has 1 heterocycles. The van der Waals surface area contributed by atoms with Gasteiger partial charge in [-0.15, -0.1) is 0 Å². The summed E-state index contributed by atoms with van der Waals surface area (Å²) in [5.41, 5.74) is 7.58. The quantitative estimate of drug-likeness (QED) is 0.240. The summed E-state index contributed by atoms with van der Waals surface area (Å²) in [5.74, 6) is 2.06. The Kier molecular flexibility index (Phi) is 7.67. The van der Waals surface area contributed by atoms with E-state index in [1.54, 1.807) is 0 Å². The molecule has 1 saturated carbocycles. The molecule has 5 rings (SSSR count).